The highest BCUT2D eigenvalue weighted by Crippen LogP contribution is 2.24. The van der Waals surface area contributed by atoms with Crippen molar-refractivity contribution < 1.29 is 9.53 Å². The van der Waals surface area contributed by atoms with E-state index in [0.717, 1.165) is 12.8 Å². The van der Waals surface area contributed by atoms with Crippen LogP contribution in [0.3, 0.4) is 0 Å². The Labute approximate surface area is 88.0 Å². The molecule has 0 fully saturated rings. The van der Waals surface area contributed by atoms with Gasteiger partial charge in [-0.25, -0.2) is 0 Å². The first-order valence-electron chi connectivity index (χ1n) is 5.56. The quantitative estimate of drug-likeness (QED) is 0.636. The molecule has 0 radical (unpaired) electrons. The molecule has 2 nitrogen and oxygen atoms in total. The summed E-state index contributed by atoms with van der Waals surface area (Å²) in [5.74, 6) is 0.331. The predicted octanol–water partition coefficient (Wildman–Crippen LogP) is 3.40. The van der Waals surface area contributed by atoms with Crippen LogP contribution in [0.4, 0.5) is 0 Å². The van der Waals surface area contributed by atoms with Crippen LogP contribution < -0.4 is 0 Å². The molecule has 0 aliphatic heterocycles. The molecule has 0 N–H and O–H groups in total. The lowest BCUT2D eigenvalue weighted by atomic mass is 9.90. The van der Waals surface area contributed by atoms with Gasteiger partial charge in [-0.15, -0.1) is 0 Å². The Bertz CT molecular complexity index is 183. The van der Waals surface area contributed by atoms with Gasteiger partial charge >= 0.3 is 5.97 Å². The zero-order valence-electron chi connectivity index (χ0n) is 10.4. The van der Waals surface area contributed by atoms with E-state index >= 15 is 0 Å². The zero-order valence-corrected chi connectivity index (χ0v) is 10.4. The van der Waals surface area contributed by atoms with Crippen LogP contribution in [0.5, 0.6) is 0 Å². The van der Waals surface area contributed by atoms with Crippen LogP contribution in [-0.4, -0.2) is 12.1 Å². The predicted molar refractivity (Wildman–Crippen MR) is 59.1 cm³/mol. The molecule has 0 amide bonds. The third-order valence-electron chi connectivity index (χ3n) is 2.84. The first-order chi connectivity index (χ1) is 6.35. The molecule has 14 heavy (non-hydrogen) atoms. The minimum atomic E-state index is -0.345. The number of rotatable bonds is 5. The average Bonchev–Trinajstić information content (AvgIpc) is 2.12. The second kappa shape index (κ2) is 5.38. The SMILES string of the molecule is CCC(OC(=O)C(C)(C)CC)C(C)C. The Morgan fingerprint density at radius 2 is 1.79 bits per heavy atom. The minimum absolute atomic E-state index is 0.0633. The van der Waals surface area contributed by atoms with Gasteiger partial charge in [-0.3, -0.25) is 4.79 Å². The number of hydrogen-bond acceptors (Lipinski definition) is 2. The fourth-order valence-corrected chi connectivity index (χ4v) is 1.13. The van der Waals surface area contributed by atoms with E-state index in [1.807, 2.05) is 20.8 Å². The lowest BCUT2D eigenvalue weighted by molar-refractivity contribution is -0.162. The molecule has 0 spiro atoms. The van der Waals surface area contributed by atoms with E-state index in [0.29, 0.717) is 5.92 Å². The van der Waals surface area contributed by atoms with Gasteiger partial charge in [0.1, 0.15) is 6.10 Å². The molecule has 0 bridgehead atoms. The van der Waals surface area contributed by atoms with Crippen LogP contribution in [0.1, 0.15) is 54.4 Å². The van der Waals surface area contributed by atoms with E-state index < -0.39 is 0 Å². The fraction of sp³-hybridized carbons (Fsp3) is 0.917. The van der Waals surface area contributed by atoms with Gasteiger partial charge in [0, 0.05) is 0 Å². The Balaban J connectivity index is 4.30. The third kappa shape index (κ3) is 3.69. The zero-order chi connectivity index (χ0) is 11.4. The van der Waals surface area contributed by atoms with Gasteiger partial charge in [0.2, 0.25) is 0 Å². The largest absolute Gasteiger partial charge is 0.462 e. The lowest BCUT2D eigenvalue weighted by Gasteiger charge is -2.26. The normalized spacial score (nSPS) is 14.2. The van der Waals surface area contributed by atoms with Gasteiger partial charge in [-0.2, -0.15) is 0 Å². The van der Waals surface area contributed by atoms with Crippen molar-refractivity contribution in [3.05, 3.63) is 0 Å². The first-order valence-corrected chi connectivity index (χ1v) is 5.56. The second-order valence-corrected chi connectivity index (χ2v) is 4.83. The highest BCUT2D eigenvalue weighted by atomic mass is 16.5. The number of esters is 1. The standard InChI is InChI=1S/C12H24O2/c1-7-10(9(3)4)14-11(13)12(5,6)8-2/h9-10H,7-8H2,1-6H3. The van der Waals surface area contributed by atoms with Crippen molar-refractivity contribution in [1.82, 2.24) is 0 Å². The first kappa shape index (κ1) is 13.5. The molecule has 2 heteroatoms. The molecule has 0 aliphatic carbocycles. The molecule has 0 saturated carbocycles. The van der Waals surface area contributed by atoms with Crippen molar-refractivity contribution in [2.45, 2.75) is 60.5 Å². The van der Waals surface area contributed by atoms with Crippen molar-refractivity contribution >= 4 is 5.97 Å². The molecule has 0 aromatic carbocycles. The molecule has 0 aromatic heterocycles. The van der Waals surface area contributed by atoms with E-state index in [9.17, 15) is 4.79 Å². The van der Waals surface area contributed by atoms with Crippen LogP contribution in [0.25, 0.3) is 0 Å². The maximum atomic E-state index is 11.7. The fourth-order valence-electron chi connectivity index (χ4n) is 1.13. The van der Waals surface area contributed by atoms with E-state index in [1.54, 1.807) is 0 Å². The van der Waals surface area contributed by atoms with Gasteiger partial charge in [0.05, 0.1) is 5.41 Å². The van der Waals surface area contributed by atoms with Gasteiger partial charge in [-0.05, 0) is 32.6 Å². The maximum absolute atomic E-state index is 11.7. The van der Waals surface area contributed by atoms with Gasteiger partial charge in [0.15, 0.2) is 0 Å². The Kier molecular flexibility index (Phi) is 5.17. The van der Waals surface area contributed by atoms with Crippen molar-refractivity contribution in [2.24, 2.45) is 11.3 Å². The summed E-state index contributed by atoms with van der Waals surface area (Å²) >= 11 is 0. The van der Waals surface area contributed by atoms with Crippen molar-refractivity contribution in [3.8, 4) is 0 Å². The molecule has 84 valence electrons. The topological polar surface area (TPSA) is 26.3 Å². The van der Waals surface area contributed by atoms with E-state index in [4.69, 9.17) is 4.74 Å². The summed E-state index contributed by atoms with van der Waals surface area (Å²) < 4.78 is 5.48. The van der Waals surface area contributed by atoms with Crippen LogP contribution in [0.15, 0.2) is 0 Å². The smallest absolute Gasteiger partial charge is 0.311 e. The Morgan fingerprint density at radius 3 is 2.07 bits per heavy atom. The van der Waals surface area contributed by atoms with E-state index in [1.165, 1.54) is 0 Å². The molecule has 0 heterocycles. The van der Waals surface area contributed by atoms with Crippen LogP contribution in [-0.2, 0) is 9.53 Å². The van der Waals surface area contributed by atoms with E-state index in [-0.39, 0.29) is 17.5 Å². The molecule has 0 saturated heterocycles. The van der Waals surface area contributed by atoms with Gasteiger partial charge in [0.25, 0.3) is 0 Å². The van der Waals surface area contributed by atoms with Crippen molar-refractivity contribution in [2.75, 3.05) is 0 Å². The summed E-state index contributed by atoms with van der Waals surface area (Å²) in [4.78, 5) is 11.7. The monoisotopic (exact) mass is 200 g/mol. The molecule has 0 rings (SSSR count). The van der Waals surface area contributed by atoms with Crippen molar-refractivity contribution in [3.63, 3.8) is 0 Å². The van der Waals surface area contributed by atoms with Crippen molar-refractivity contribution in [1.29, 1.82) is 0 Å². The molecular weight excluding hydrogens is 176 g/mol. The number of ether oxygens (including phenoxy) is 1. The summed E-state index contributed by atoms with van der Waals surface area (Å²) in [6.07, 6.45) is 1.78. The average molecular weight is 200 g/mol. The Hall–Kier alpha value is -0.530. The molecule has 1 atom stereocenters. The third-order valence-corrected chi connectivity index (χ3v) is 2.84. The van der Waals surface area contributed by atoms with Crippen LogP contribution in [0, 0.1) is 11.3 Å². The summed E-state index contributed by atoms with van der Waals surface area (Å²) in [5, 5.41) is 0. The second-order valence-electron chi connectivity index (χ2n) is 4.83. The Morgan fingerprint density at radius 1 is 1.29 bits per heavy atom. The molecule has 0 aromatic rings. The summed E-state index contributed by atoms with van der Waals surface area (Å²) in [6.45, 7) is 12.1. The number of carbonyl (C=O) groups excluding carboxylic acids is 1. The minimum Gasteiger partial charge on any atom is -0.462 e. The maximum Gasteiger partial charge on any atom is 0.311 e. The van der Waals surface area contributed by atoms with Gasteiger partial charge in [-0.1, -0.05) is 27.7 Å². The van der Waals surface area contributed by atoms with Crippen LogP contribution >= 0.6 is 0 Å². The van der Waals surface area contributed by atoms with E-state index in [2.05, 4.69) is 20.8 Å². The number of carbonyl (C=O) groups is 1. The summed E-state index contributed by atoms with van der Waals surface area (Å²) in [5.41, 5.74) is -0.345. The summed E-state index contributed by atoms with van der Waals surface area (Å²) in [7, 11) is 0. The molecule has 0 aliphatic rings. The molecular formula is C12H24O2. The lowest BCUT2D eigenvalue weighted by Crippen LogP contribution is -2.32. The summed E-state index contributed by atoms with van der Waals surface area (Å²) in [6, 6.07) is 0. The highest BCUT2D eigenvalue weighted by molar-refractivity contribution is 5.75. The number of hydrogen-bond donors (Lipinski definition) is 0. The van der Waals surface area contributed by atoms with Gasteiger partial charge < -0.3 is 4.74 Å². The van der Waals surface area contributed by atoms with Crippen LogP contribution in [0.2, 0.25) is 0 Å². The molecule has 1 unspecified atom stereocenters. The highest BCUT2D eigenvalue weighted by Gasteiger charge is 2.29.